The Morgan fingerprint density at radius 2 is 2.08 bits per heavy atom. The average Bonchev–Trinajstić information content (AvgIpc) is 2.16. The summed E-state index contributed by atoms with van der Waals surface area (Å²) in [6.45, 7) is 0. The molecule has 1 rings (SSSR count). The third-order valence-corrected chi connectivity index (χ3v) is 1.42. The molecular weight excluding hydrogens is 170 g/mol. The van der Waals surface area contributed by atoms with E-state index in [4.69, 9.17) is 5.11 Å². The summed E-state index contributed by atoms with van der Waals surface area (Å²) in [5.41, 5.74) is 0.622. The van der Waals surface area contributed by atoms with Crippen LogP contribution in [0.25, 0.3) is 0 Å². The highest BCUT2D eigenvalue weighted by atomic mass is 16.6. The molecule has 0 aliphatic carbocycles. The largest absolute Gasteiger partial charge is 0.508 e. The van der Waals surface area contributed by atoms with Crippen LogP contribution in [-0.4, -0.2) is 24.2 Å². The fourth-order valence-electron chi connectivity index (χ4n) is 0.841. The predicted molar refractivity (Wildman–Crippen MR) is 47.3 cm³/mol. The highest BCUT2D eigenvalue weighted by Gasteiger charge is 2.03. The van der Waals surface area contributed by atoms with Crippen molar-refractivity contribution in [3.05, 3.63) is 29.8 Å². The number of oxime groups is 1. The van der Waals surface area contributed by atoms with Gasteiger partial charge in [0, 0.05) is 5.56 Å². The van der Waals surface area contributed by atoms with E-state index in [1.807, 2.05) is 0 Å². The van der Waals surface area contributed by atoms with Crippen LogP contribution in [0.3, 0.4) is 0 Å². The molecule has 4 nitrogen and oxygen atoms in total. The number of rotatable bonds is 3. The number of benzene rings is 1. The molecule has 0 fully saturated rings. The average molecular weight is 178 g/mol. The van der Waals surface area contributed by atoms with Crippen molar-refractivity contribution in [2.75, 3.05) is 7.11 Å². The van der Waals surface area contributed by atoms with Crippen LogP contribution in [0.4, 0.5) is 0 Å². The first kappa shape index (κ1) is 9.25. The Morgan fingerprint density at radius 3 is 2.54 bits per heavy atom. The van der Waals surface area contributed by atoms with Crippen molar-refractivity contribution in [3.8, 4) is 5.75 Å². The van der Waals surface area contributed by atoms with Crippen LogP contribution in [0.15, 0.2) is 29.4 Å². The minimum Gasteiger partial charge on any atom is -0.508 e. The molecule has 0 saturated carbocycles. The zero-order valence-corrected chi connectivity index (χ0v) is 7.02. The van der Waals surface area contributed by atoms with E-state index < -0.39 is 0 Å². The van der Waals surface area contributed by atoms with Crippen LogP contribution in [0.5, 0.6) is 5.75 Å². The highest BCUT2D eigenvalue weighted by Crippen LogP contribution is 2.09. The van der Waals surface area contributed by atoms with Gasteiger partial charge < -0.3 is 9.94 Å². The molecule has 67 valence electrons. The molecule has 0 heterocycles. The van der Waals surface area contributed by atoms with Gasteiger partial charge in [0.1, 0.15) is 12.9 Å². The Labute approximate surface area is 75.4 Å². The molecule has 4 heteroatoms. The Balaban J connectivity index is 2.99. The van der Waals surface area contributed by atoms with Crippen LogP contribution in [-0.2, 0) is 9.63 Å². The highest BCUT2D eigenvalue weighted by molar-refractivity contribution is 6.36. The van der Waals surface area contributed by atoms with Gasteiger partial charge in [-0.05, 0) is 24.3 Å². The minimum absolute atomic E-state index is 0.0718. The Kier molecular flexibility index (Phi) is 3.03. The molecule has 0 saturated heterocycles. The van der Waals surface area contributed by atoms with E-state index in [0.29, 0.717) is 5.56 Å². The van der Waals surface area contributed by atoms with Crippen LogP contribution in [0.1, 0.15) is 5.56 Å². The summed E-state index contributed by atoms with van der Waals surface area (Å²) >= 11 is 0. The van der Waals surface area contributed by atoms with Gasteiger partial charge in [-0.1, -0.05) is 5.16 Å². The summed E-state index contributed by atoms with van der Waals surface area (Å²) in [4.78, 5) is 14.8. The fraction of sp³-hybridized carbons (Fsp3) is 0.111. The van der Waals surface area contributed by atoms with Gasteiger partial charge in [-0.15, -0.1) is 0 Å². The summed E-state index contributed by atoms with van der Waals surface area (Å²) < 4.78 is 0. The number of hydrogen-bond donors (Lipinski definition) is 1. The second kappa shape index (κ2) is 4.25. The summed E-state index contributed by atoms with van der Waals surface area (Å²) in [6, 6.07) is 6.02. The second-order valence-electron chi connectivity index (χ2n) is 2.27. The molecule has 1 radical (unpaired) electrons. The lowest BCUT2D eigenvalue weighted by molar-refractivity contribution is 0.214. The smallest absolute Gasteiger partial charge is 0.257 e. The van der Waals surface area contributed by atoms with E-state index >= 15 is 0 Å². The van der Waals surface area contributed by atoms with Crippen molar-refractivity contribution >= 4 is 12.0 Å². The zero-order valence-electron chi connectivity index (χ0n) is 7.02. The van der Waals surface area contributed by atoms with E-state index in [2.05, 4.69) is 9.99 Å². The number of phenolic OH excluding ortho intramolecular Hbond substituents is 1. The summed E-state index contributed by atoms with van der Waals surface area (Å²) in [6.07, 6.45) is 1.63. The molecule has 13 heavy (non-hydrogen) atoms. The van der Waals surface area contributed by atoms with Crippen LogP contribution < -0.4 is 0 Å². The lowest BCUT2D eigenvalue weighted by Gasteiger charge is -1.97. The molecule has 0 spiro atoms. The minimum atomic E-state index is 0.0718. The van der Waals surface area contributed by atoms with Gasteiger partial charge in [0.05, 0.1) is 0 Å². The molecule has 1 aromatic rings. The lowest BCUT2D eigenvalue weighted by atomic mass is 10.1. The SMILES string of the molecule is CO/N=C(\[C]=O)c1ccc(O)cc1. The Hall–Kier alpha value is -1.84. The number of nitrogens with zero attached hydrogens (tertiary/aromatic N) is 1. The summed E-state index contributed by atoms with van der Waals surface area (Å²) in [7, 11) is 1.34. The lowest BCUT2D eigenvalue weighted by Crippen LogP contribution is -2.02. The molecule has 0 amide bonds. The Morgan fingerprint density at radius 1 is 1.46 bits per heavy atom. The van der Waals surface area contributed by atoms with E-state index in [0.717, 1.165) is 0 Å². The third kappa shape index (κ3) is 2.30. The van der Waals surface area contributed by atoms with E-state index in [-0.39, 0.29) is 11.5 Å². The maximum atomic E-state index is 10.4. The number of phenols is 1. The second-order valence-corrected chi connectivity index (χ2v) is 2.27. The van der Waals surface area contributed by atoms with Crippen molar-refractivity contribution in [1.29, 1.82) is 0 Å². The molecular formula is C9H8NO3. The quantitative estimate of drug-likeness (QED) is 0.551. The molecule has 0 atom stereocenters. The van der Waals surface area contributed by atoms with Crippen molar-refractivity contribution in [1.82, 2.24) is 0 Å². The standard InChI is InChI=1S/C9H8NO3/c1-13-10-9(6-11)7-2-4-8(12)5-3-7/h2-5,12H,1H3/b10-9+. The zero-order chi connectivity index (χ0) is 9.68. The third-order valence-electron chi connectivity index (χ3n) is 1.42. The number of hydrogen-bond acceptors (Lipinski definition) is 4. The van der Waals surface area contributed by atoms with Gasteiger partial charge in [-0.25, -0.2) is 0 Å². The first-order valence-electron chi connectivity index (χ1n) is 3.56. The molecule has 0 unspecified atom stereocenters. The first-order chi connectivity index (χ1) is 6.27. The van der Waals surface area contributed by atoms with E-state index in [1.54, 1.807) is 18.4 Å². The molecule has 0 aliphatic heterocycles. The molecule has 1 aromatic carbocycles. The van der Waals surface area contributed by atoms with Crippen molar-refractivity contribution in [3.63, 3.8) is 0 Å². The van der Waals surface area contributed by atoms with Crippen molar-refractivity contribution < 1.29 is 14.7 Å². The van der Waals surface area contributed by atoms with Gasteiger partial charge in [0.25, 0.3) is 6.29 Å². The van der Waals surface area contributed by atoms with E-state index in [1.165, 1.54) is 19.2 Å². The monoisotopic (exact) mass is 178 g/mol. The van der Waals surface area contributed by atoms with Crippen LogP contribution in [0, 0.1) is 0 Å². The maximum Gasteiger partial charge on any atom is 0.257 e. The maximum absolute atomic E-state index is 10.4. The van der Waals surface area contributed by atoms with Gasteiger partial charge in [0.2, 0.25) is 0 Å². The van der Waals surface area contributed by atoms with Gasteiger partial charge in [-0.3, -0.25) is 4.79 Å². The molecule has 0 aromatic heterocycles. The Bertz CT molecular complexity index is 316. The molecule has 1 N–H and O–H groups in total. The van der Waals surface area contributed by atoms with Crippen LogP contribution in [0.2, 0.25) is 0 Å². The van der Waals surface area contributed by atoms with Crippen LogP contribution >= 0.6 is 0 Å². The van der Waals surface area contributed by atoms with E-state index in [9.17, 15) is 4.79 Å². The fourth-order valence-corrected chi connectivity index (χ4v) is 0.841. The first-order valence-corrected chi connectivity index (χ1v) is 3.56. The predicted octanol–water partition coefficient (Wildman–Crippen LogP) is 0.852. The van der Waals surface area contributed by atoms with Crippen molar-refractivity contribution in [2.24, 2.45) is 5.16 Å². The molecule has 0 aliphatic rings. The van der Waals surface area contributed by atoms with Crippen molar-refractivity contribution in [2.45, 2.75) is 0 Å². The van der Waals surface area contributed by atoms with Gasteiger partial charge in [0.15, 0.2) is 5.71 Å². The number of carbonyl (C=O) groups excluding carboxylic acids is 1. The molecule has 0 bridgehead atoms. The summed E-state index contributed by atoms with van der Waals surface area (Å²) in [5.74, 6) is 0.131. The van der Waals surface area contributed by atoms with Gasteiger partial charge in [-0.2, -0.15) is 0 Å². The number of aromatic hydroxyl groups is 1. The normalized spacial score (nSPS) is 11.0. The topological polar surface area (TPSA) is 58.9 Å². The summed E-state index contributed by atoms with van der Waals surface area (Å²) in [5, 5.41) is 12.4. The van der Waals surface area contributed by atoms with Gasteiger partial charge >= 0.3 is 0 Å².